The van der Waals surface area contributed by atoms with Gasteiger partial charge in [-0.15, -0.1) is 0 Å². The van der Waals surface area contributed by atoms with Crippen LogP contribution in [0.3, 0.4) is 0 Å². The van der Waals surface area contributed by atoms with Crippen molar-refractivity contribution in [2.24, 2.45) is 0 Å². The van der Waals surface area contributed by atoms with Crippen LogP contribution < -0.4 is 0 Å². The quantitative estimate of drug-likeness (QED) is 0.352. The molecule has 0 radical (unpaired) electrons. The third-order valence-electron chi connectivity index (χ3n) is 1.13. The van der Waals surface area contributed by atoms with Crippen LogP contribution in [0.4, 0.5) is 0 Å². The van der Waals surface area contributed by atoms with E-state index in [9.17, 15) is 0 Å². The predicted molar refractivity (Wildman–Crippen MR) is 44.5 cm³/mol. The molecule has 2 N–H and O–H groups in total. The number of hydrogen-bond acceptors (Lipinski definition) is 2. The summed E-state index contributed by atoms with van der Waals surface area (Å²) in [7, 11) is 0. The van der Waals surface area contributed by atoms with Crippen LogP contribution in [0, 0.1) is 0 Å². The van der Waals surface area contributed by atoms with Crippen LogP contribution in [0.1, 0.15) is 25.7 Å². The van der Waals surface area contributed by atoms with E-state index in [4.69, 9.17) is 10.2 Å². The van der Waals surface area contributed by atoms with Gasteiger partial charge < -0.3 is 10.2 Å². The molecule has 0 aromatic rings. The second kappa shape index (κ2) is 12.2. The molecule has 3 heteroatoms. The Bertz CT molecular complexity index is 74.0. The van der Waals surface area contributed by atoms with E-state index in [0.717, 1.165) is 31.9 Å². The number of aliphatic hydroxyl groups is 2. The summed E-state index contributed by atoms with van der Waals surface area (Å²) in [6.07, 6.45) is 6.67. The molecule has 0 aromatic carbocycles. The zero-order valence-corrected chi connectivity index (χ0v) is 5.58. The van der Waals surface area contributed by atoms with Crippen molar-refractivity contribution in [1.82, 2.24) is 0 Å². The van der Waals surface area contributed by atoms with Crippen molar-refractivity contribution in [3.05, 3.63) is 12.3 Å². The van der Waals surface area contributed by atoms with Gasteiger partial charge in [-0.05, 0) is 19.3 Å². The van der Waals surface area contributed by atoms with Crippen LogP contribution in [-0.4, -0.2) is 46.4 Å². The number of allylic oxidation sites excluding steroid dienone is 1. The van der Waals surface area contributed by atoms with Crippen LogP contribution in [0.25, 0.3) is 0 Å². The molecular formula is C7H15NaO2. The average molecular weight is 154 g/mol. The monoisotopic (exact) mass is 154 g/mol. The Kier molecular flexibility index (Phi) is 16.0. The summed E-state index contributed by atoms with van der Waals surface area (Å²) in [6, 6.07) is 0. The second-order valence-corrected chi connectivity index (χ2v) is 1.96. The van der Waals surface area contributed by atoms with Crippen LogP contribution >= 0.6 is 0 Å². The minimum atomic E-state index is 0. The van der Waals surface area contributed by atoms with Crippen molar-refractivity contribution in [2.75, 3.05) is 6.61 Å². The van der Waals surface area contributed by atoms with Gasteiger partial charge in [0.15, 0.2) is 0 Å². The zero-order chi connectivity index (χ0) is 6.95. The number of unbranched alkanes of at least 4 members (excludes halogenated alkanes) is 3. The Morgan fingerprint density at radius 1 is 1.10 bits per heavy atom. The van der Waals surface area contributed by atoms with Crippen LogP contribution in [0.5, 0.6) is 0 Å². The van der Waals surface area contributed by atoms with E-state index in [0.29, 0.717) is 0 Å². The molecule has 0 spiro atoms. The fraction of sp³-hybridized carbons (Fsp3) is 0.714. The molecule has 0 heterocycles. The topological polar surface area (TPSA) is 40.5 Å². The molecule has 0 bridgehead atoms. The van der Waals surface area contributed by atoms with Crippen LogP contribution in [0.15, 0.2) is 12.3 Å². The first kappa shape index (κ1) is 13.1. The Hall–Kier alpha value is 0.500. The van der Waals surface area contributed by atoms with E-state index in [1.54, 1.807) is 6.08 Å². The van der Waals surface area contributed by atoms with Crippen molar-refractivity contribution in [3.63, 3.8) is 0 Å². The number of rotatable bonds is 5. The van der Waals surface area contributed by atoms with Crippen LogP contribution in [-0.2, 0) is 0 Å². The molecule has 0 aromatic heterocycles. The van der Waals surface area contributed by atoms with Gasteiger partial charge in [0.05, 0.1) is 6.26 Å². The molecule has 0 aliphatic rings. The fourth-order valence-corrected chi connectivity index (χ4v) is 0.625. The van der Waals surface area contributed by atoms with E-state index < -0.39 is 0 Å². The van der Waals surface area contributed by atoms with E-state index in [2.05, 4.69) is 0 Å². The van der Waals surface area contributed by atoms with E-state index in [-0.39, 0.29) is 36.2 Å². The molecule has 0 saturated heterocycles. The summed E-state index contributed by atoms with van der Waals surface area (Å²) >= 11 is 0. The zero-order valence-electron chi connectivity index (χ0n) is 5.58. The van der Waals surface area contributed by atoms with Gasteiger partial charge in [-0.1, -0.05) is 12.5 Å². The molecule has 0 fully saturated rings. The summed E-state index contributed by atoms with van der Waals surface area (Å²) in [5.74, 6) is 0. The molecule has 0 atom stereocenters. The van der Waals surface area contributed by atoms with E-state index in [1.165, 1.54) is 0 Å². The number of aliphatic hydroxyl groups excluding tert-OH is 2. The van der Waals surface area contributed by atoms with Crippen molar-refractivity contribution in [1.29, 1.82) is 0 Å². The van der Waals surface area contributed by atoms with Crippen molar-refractivity contribution >= 4 is 29.6 Å². The Balaban J connectivity index is 0. The van der Waals surface area contributed by atoms with E-state index >= 15 is 0 Å². The van der Waals surface area contributed by atoms with Gasteiger partial charge in [0.1, 0.15) is 0 Å². The Morgan fingerprint density at radius 3 is 2.30 bits per heavy atom. The first-order chi connectivity index (χ1) is 4.41. The molecule has 0 aliphatic heterocycles. The minimum absolute atomic E-state index is 0. The van der Waals surface area contributed by atoms with Crippen LogP contribution in [0.2, 0.25) is 0 Å². The van der Waals surface area contributed by atoms with Gasteiger partial charge in [-0.3, -0.25) is 0 Å². The maximum absolute atomic E-state index is 8.36. The summed E-state index contributed by atoms with van der Waals surface area (Å²) in [4.78, 5) is 0. The molecular weight excluding hydrogens is 139 g/mol. The normalized spacial score (nSPS) is 9.70. The molecule has 0 aliphatic carbocycles. The molecule has 0 saturated carbocycles. The summed E-state index contributed by atoms with van der Waals surface area (Å²) in [5, 5.41) is 16.5. The van der Waals surface area contributed by atoms with Crippen molar-refractivity contribution in [2.45, 2.75) is 25.7 Å². The summed E-state index contributed by atoms with van der Waals surface area (Å²) in [6.45, 7) is 0.281. The van der Waals surface area contributed by atoms with Crippen molar-refractivity contribution < 1.29 is 10.2 Å². The van der Waals surface area contributed by atoms with E-state index in [1.807, 2.05) is 0 Å². The van der Waals surface area contributed by atoms with Gasteiger partial charge in [0.2, 0.25) is 0 Å². The maximum atomic E-state index is 8.36. The number of hydrogen-bond donors (Lipinski definition) is 2. The fourth-order valence-electron chi connectivity index (χ4n) is 0.625. The molecule has 10 heavy (non-hydrogen) atoms. The molecule has 0 unspecified atom stereocenters. The molecule has 0 rings (SSSR count). The predicted octanol–water partition coefficient (Wildman–Crippen LogP) is 0.962. The van der Waals surface area contributed by atoms with Gasteiger partial charge in [-0.25, -0.2) is 0 Å². The van der Waals surface area contributed by atoms with Gasteiger partial charge in [-0.2, -0.15) is 0 Å². The SMILES string of the molecule is O/C=C/CCCCCO.[NaH]. The van der Waals surface area contributed by atoms with Gasteiger partial charge >= 0.3 is 29.6 Å². The standard InChI is InChI=1S/C7H14O2.Na.H/c8-6-4-2-1-3-5-7-9;;/h4,6,8-9H,1-3,5,7H2;;/b6-4+;;. The second-order valence-electron chi connectivity index (χ2n) is 1.96. The molecule has 56 valence electrons. The summed E-state index contributed by atoms with van der Waals surface area (Å²) in [5.41, 5.74) is 0. The molecule has 2 nitrogen and oxygen atoms in total. The van der Waals surface area contributed by atoms with Gasteiger partial charge in [0.25, 0.3) is 0 Å². The average Bonchev–Trinajstić information content (AvgIpc) is 1.89. The Labute approximate surface area is 84.2 Å². The first-order valence-electron chi connectivity index (χ1n) is 3.32. The third-order valence-corrected chi connectivity index (χ3v) is 1.13. The third kappa shape index (κ3) is 11.3. The molecule has 0 amide bonds. The first-order valence-corrected chi connectivity index (χ1v) is 3.32. The van der Waals surface area contributed by atoms with Crippen molar-refractivity contribution in [3.8, 4) is 0 Å². The van der Waals surface area contributed by atoms with Gasteiger partial charge in [0, 0.05) is 6.61 Å². The Morgan fingerprint density at radius 2 is 1.80 bits per heavy atom. The summed E-state index contributed by atoms with van der Waals surface area (Å²) < 4.78 is 0.